The highest BCUT2D eigenvalue weighted by Gasteiger charge is 2.20. The third-order valence-corrected chi connectivity index (χ3v) is 3.17. The number of carbonyl (C=O) groups excluding carboxylic acids is 1. The summed E-state index contributed by atoms with van der Waals surface area (Å²) in [6.07, 6.45) is -0.265. The van der Waals surface area contributed by atoms with Gasteiger partial charge >= 0.3 is 5.97 Å². The number of rotatable bonds is 6. The maximum atomic E-state index is 13.3. The first-order chi connectivity index (χ1) is 10.9. The summed E-state index contributed by atoms with van der Waals surface area (Å²) < 4.78 is 26.3. The van der Waals surface area contributed by atoms with Gasteiger partial charge in [0.2, 0.25) is 0 Å². The first-order valence-corrected chi connectivity index (χ1v) is 6.84. The lowest BCUT2D eigenvalue weighted by Gasteiger charge is -2.21. The van der Waals surface area contributed by atoms with E-state index in [2.05, 4.69) is 10.2 Å². The zero-order valence-corrected chi connectivity index (χ0v) is 12.3. The summed E-state index contributed by atoms with van der Waals surface area (Å²) in [5.74, 6) is -3.56. The van der Waals surface area contributed by atoms with E-state index in [0.29, 0.717) is 11.3 Å². The molecule has 0 fully saturated rings. The second-order valence-corrected chi connectivity index (χ2v) is 5.06. The van der Waals surface area contributed by atoms with Gasteiger partial charge in [0, 0.05) is 18.8 Å². The minimum absolute atomic E-state index is 0.0464. The Morgan fingerprint density at radius 3 is 2.57 bits per heavy atom. The molecule has 0 atom stereocenters. The number of aryl methyl sites for hydroxylation is 1. The minimum atomic E-state index is -1.06. The van der Waals surface area contributed by atoms with Crippen LogP contribution in [0.3, 0.4) is 0 Å². The Morgan fingerprint density at radius 2 is 2.00 bits per heavy atom. The van der Waals surface area contributed by atoms with Crippen LogP contribution in [0.1, 0.15) is 28.2 Å². The zero-order valence-electron chi connectivity index (χ0n) is 12.3. The van der Waals surface area contributed by atoms with Crippen LogP contribution >= 0.6 is 0 Å². The number of nitrogens with one attached hydrogen (secondary N) is 1. The van der Waals surface area contributed by atoms with Crippen LogP contribution in [0.5, 0.6) is 0 Å². The Kier molecular flexibility index (Phi) is 5.05. The van der Waals surface area contributed by atoms with Crippen molar-refractivity contribution in [1.29, 1.82) is 0 Å². The maximum absolute atomic E-state index is 13.3. The van der Waals surface area contributed by atoms with Crippen LogP contribution in [0.15, 0.2) is 24.3 Å². The average Bonchev–Trinajstić information content (AvgIpc) is 2.92. The number of benzene rings is 1. The van der Waals surface area contributed by atoms with Crippen molar-refractivity contribution >= 4 is 11.9 Å². The van der Waals surface area contributed by atoms with E-state index < -0.39 is 23.5 Å². The van der Waals surface area contributed by atoms with E-state index in [0.717, 1.165) is 12.1 Å². The molecule has 1 aromatic carbocycles. The molecule has 0 spiro atoms. The fourth-order valence-corrected chi connectivity index (χ4v) is 2.03. The zero-order chi connectivity index (χ0) is 17.0. The molecule has 2 rings (SSSR count). The van der Waals surface area contributed by atoms with Crippen molar-refractivity contribution in [2.75, 3.05) is 6.54 Å². The van der Waals surface area contributed by atoms with Crippen LogP contribution in [-0.2, 0) is 11.3 Å². The van der Waals surface area contributed by atoms with Gasteiger partial charge in [-0.25, -0.2) is 8.78 Å². The van der Waals surface area contributed by atoms with Crippen LogP contribution in [0, 0.1) is 18.6 Å². The molecule has 122 valence electrons. The van der Waals surface area contributed by atoms with E-state index in [9.17, 15) is 18.4 Å². The van der Waals surface area contributed by atoms with Crippen LogP contribution in [0.25, 0.3) is 0 Å². The van der Waals surface area contributed by atoms with Gasteiger partial charge in [-0.1, -0.05) is 6.07 Å². The van der Waals surface area contributed by atoms with Crippen LogP contribution in [-0.4, -0.2) is 38.6 Å². The highest BCUT2D eigenvalue weighted by atomic mass is 19.2. The second-order valence-electron chi connectivity index (χ2n) is 5.06. The highest BCUT2D eigenvalue weighted by molar-refractivity contribution is 5.92. The van der Waals surface area contributed by atoms with E-state index in [1.165, 1.54) is 17.0 Å². The largest absolute Gasteiger partial charge is 0.481 e. The van der Waals surface area contributed by atoms with Gasteiger partial charge in [-0.2, -0.15) is 5.10 Å². The smallest absolute Gasteiger partial charge is 0.305 e. The number of carboxylic acid groups (broad SMARTS) is 1. The summed E-state index contributed by atoms with van der Waals surface area (Å²) in [4.78, 5) is 24.4. The normalized spacial score (nSPS) is 10.6. The fraction of sp³-hybridized carbons (Fsp3) is 0.267. The van der Waals surface area contributed by atoms with Crippen LogP contribution < -0.4 is 0 Å². The molecular formula is C15H15F2N3O3. The van der Waals surface area contributed by atoms with Gasteiger partial charge in [-0.3, -0.25) is 14.7 Å². The topological polar surface area (TPSA) is 86.3 Å². The Morgan fingerprint density at radius 1 is 1.26 bits per heavy atom. The number of aromatic nitrogens is 2. The summed E-state index contributed by atoms with van der Waals surface area (Å²) in [7, 11) is 0. The molecular weight excluding hydrogens is 308 g/mol. The SMILES string of the molecule is Cc1cc(C(=O)N(CCC(=O)O)Cc2ccc(F)c(F)c2)n[nH]1. The molecule has 2 aromatic rings. The number of carboxylic acids is 1. The monoisotopic (exact) mass is 323 g/mol. The van der Waals surface area contributed by atoms with E-state index in [-0.39, 0.29) is 25.2 Å². The van der Waals surface area contributed by atoms with Gasteiger partial charge < -0.3 is 10.0 Å². The first kappa shape index (κ1) is 16.6. The second kappa shape index (κ2) is 6.99. The first-order valence-electron chi connectivity index (χ1n) is 6.84. The van der Waals surface area contributed by atoms with Gasteiger partial charge in [-0.15, -0.1) is 0 Å². The molecule has 0 unspecified atom stereocenters. The van der Waals surface area contributed by atoms with Crippen molar-refractivity contribution in [3.05, 3.63) is 52.9 Å². The summed E-state index contributed by atoms with van der Waals surface area (Å²) in [6, 6.07) is 4.81. The lowest BCUT2D eigenvalue weighted by molar-refractivity contribution is -0.137. The molecule has 0 saturated heterocycles. The number of carbonyl (C=O) groups is 2. The van der Waals surface area contributed by atoms with Crippen molar-refractivity contribution in [2.45, 2.75) is 19.9 Å². The fourth-order valence-electron chi connectivity index (χ4n) is 2.03. The molecule has 0 bridgehead atoms. The third-order valence-electron chi connectivity index (χ3n) is 3.17. The number of halogens is 2. The van der Waals surface area contributed by atoms with Crippen molar-refractivity contribution in [3.8, 4) is 0 Å². The minimum Gasteiger partial charge on any atom is -0.481 e. The molecule has 2 N–H and O–H groups in total. The molecule has 6 nitrogen and oxygen atoms in total. The lowest BCUT2D eigenvalue weighted by Crippen LogP contribution is -2.33. The van der Waals surface area contributed by atoms with Gasteiger partial charge in [0.25, 0.3) is 5.91 Å². The summed E-state index contributed by atoms with van der Waals surface area (Å²) >= 11 is 0. The molecule has 0 aliphatic heterocycles. The van der Waals surface area contributed by atoms with Gasteiger partial charge in [-0.05, 0) is 30.7 Å². The predicted molar refractivity (Wildman–Crippen MR) is 76.7 cm³/mol. The molecule has 0 aliphatic rings. The Balaban J connectivity index is 2.20. The number of hydrogen-bond donors (Lipinski definition) is 2. The summed E-state index contributed by atoms with van der Waals surface area (Å²) in [6.45, 7) is 1.61. The van der Waals surface area contributed by atoms with Crippen LogP contribution in [0.2, 0.25) is 0 Å². The molecule has 23 heavy (non-hydrogen) atoms. The number of aliphatic carboxylic acids is 1. The van der Waals surface area contributed by atoms with E-state index in [1.807, 2.05) is 0 Å². The van der Waals surface area contributed by atoms with Crippen molar-refractivity contribution < 1.29 is 23.5 Å². The molecule has 8 heteroatoms. The van der Waals surface area contributed by atoms with E-state index in [1.54, 1.807) is 6.92 Å². The van der Waals surface area contributed by atoms with Crippen LogP contribution in [0.4, 0.5) is 8.78 Å². The molecule has 1 heterocycles. The number of nitrogens with zero attached hydrogens (tertiary/aromatic N) is 2. The number of hydrogen-bond acceptors (Lipinski definition) is 3. The van der Waals surface area contributed by atoms with E-state index >= 15 is 0 Å². The number of aromatic amines is 1. The summed E-state index contributed by atoms with van der Waals surface area (Å²) in [5, 5.41) is 15.3. The standard InChI is InChI=1S/C15H15F2N3O3/c1-9-6-13(19-18-9)15(23)20(5-4-14(21)22)8-10-2-3-11(16)12(17)7-10/h2-3,6-7H,4-5,8H2,1H3,(H,18,19)(H,21,22). The van der Waals surface area contributed by atoms with Crippen molar-refractivity contribution in [3.63, 3.8) is 0 Å². The lowest BCUT2D eigenvalue weighted by atomic mass is 10.2. The highest BCUT2D eigenvalue weighted by Crippen LogP contribution is 2.13. The predicted octanol–water partition coefficient (Wildman–Crippen LogP) is 2.11. The quantitative estimate of drug-likeness (QED) is 0.852. The number of amides is 1. The molecule has 0 saturated carbocycles. The Bertz CT molecular complexity index is 731. The molecule has 1 aromatic heterocycles. The Labute approximate surface area is 130 Å². The maximum Gasteiger partial charge on any atom is 0.305 e. The molecule has 0 aliphatic carbocycles. The summed E-state index contributed by atoms with van der Waals surface area (Å²) in [5.41, 5.74) is 1.17. The van der Waals surface area contributed by atoms with E-state index in [4.69, 9.17) is 5.11 Å². The third kappa shape index (κ3) is 4.35. The van der Waals surface area contributed by atoms with Gasteiger partial charge in [0.15, 0.2) is 11.6 Å². The van der Waals surface area contributed by atoms with Gasteiger partial charge in [0.1, 0.15) is 5.69 Å². The number of H-pyrrole nitrogens is 1. The molecule has 0 radical (unpaired) electrons. The average molecular weight is 323 g/mol. The van der Waals surface area contributed by atoms with Crippen molar-refractivity contribution in [1.82, 2.24) is 15.1 Å². The molecule has 1 amide bonds. The van der Waals surface area contributed by atoms with Gasteiger partial charge in [0.05, 0.1) is 6.42 Å². The van der Waals surface area contributed by atoms with Crippen molar-refractivity contribution in [2.24, 2.45) is 0 Å². The Hall–Kier alpha value is -2.77.